The molecular formula is C16H22FN3O5. The van der Waals surface area contributed by atoms with E-state index in [0.29, 0.717) is 32.0 Å². The standard InChI is InChI=1S/C16H22FN3O5/c1-11(21)18-9-13(22)10-20(16(23)24)12-2-3-15(14(17)8-12)19-4-6-25-7-5-19/h2-3,8,13,22H,4-7,9-10H2,1H3,(H,18,21)(H,23,24)/t13-/m1/s1. The summed E-state index contributed by atoms with van der Waals surface area (Å²) in [5.41, 5.74) is 0.500. The quantitative estimate of drug-likeness (QED) is 0.692. The zero-order valence-corrected chi connectivity index (χ0v) is 13.9. The highest BCUT2D eigenvalue weighted by Gasteiger charge is 2.22. The van der Waals surface area contributed by atoms with Crippen LogP contribution in [0.1, 0.15) is 6.92 Å². The molecule has 1 saturated heterocycles. The van der Waals surface area contributed by atoms with Crippen LogP contribution < -0.4 is 15.1 Å². The van der Waals surface area contributed by atoms with Gasteiger partial charge in [-0.05, 0) is 18.2 Å². The number of carboxylic acid groups (broad SMARTS) is 1. The number of halogens is 1. The number of anilines is 2. The highest BCUT2D eigenvalue weighted by Crippen LogP contribution is 2.26. The van der Waals surface area contributed by atoms with Crippen LogP contribution >= 0.6 is 0 Å². The maximum absolute atomic E-state index is 14.4. The maximum atomic E-state index is 14.4. The lowest BCUT2D eigenvalue weighted by molar-refractivity contribution is -0.119. The third-order valence-corrected chi connectivity index (χ3v) is 3.81. The normalized spacial score (nSPS) is 15.6. The molecule has 0 aliphatic carbocycles. The predicted molar refractivity (Wildman–Crippen MR) is 89.5 cm³/mol. The highest BCUT2D eigenvalue weighted by atomic mass is 19.1. The molecule has 1 fully saturated rings. The minimum Gasteiger partial charge on any atom is -0.465 e. The number of hydrogen-bond acceptors (Lipinski definition) is 5. The molecule has 1 heterocycles. The van der Waals surface area contributed by atoms with Crippen molar-refractivity contribution >= 4 is 23.4 Å². The molecule has 1 aliphatic heterocycles. The van der Waals surface area contributed by atoms with Crippen molar-refractivity contribution in [3.8, 4) is 0 Å². The lowest BCUT2D eigenvalue weighted by atomic mass is 10.2. The highest BCUT2D eigenvalue weighted by molar-refractivity contribution is 5.86. The number of rotatable bonds is 6. The SMILES string of the molecule is CC(=O)NC[C@@H](O)CN(C(=O)O)c1ccc(N2CCOCC2)c(F)c1. The van der Waals surface area contributed by atoms with E-state index in [-0.39, 0.29) is 24.7 Å². The average Bonchev–Trinajstić information content (AvgIpc) is 2.58. The Morgan fingerprint density at radius 2 is 2.08 bits per heavy atom. The van der Waals surface area contributed by atoms with Crippen LogP contribution in [0.3, 0.4) is 0 Å². The molecule has 0 aromatic heterocycles. The predicted octanol–water partition coefficient (Wildman–Crippen LogP) is 0.644. The fourth-order valence-electron chi connectivity index (χ4n) is 2.56. The Morgan fingerprint density at radius 1 is 1.40 bits per heavy atom. The summed E-state index contributed by atoms with van der Waals surface area (Å²) in [6, 6.07) is 4.14. The molecule has 0 radical (unpaired) electrons. The molecule has 2 rings (SSSR count). The van der Waals surface area contributed by atoms with Crippen LogP contribution in [-0.2, 0) is 9.53 Å². The summed E-state index contributed by atoms with van der Waals surface area (Å²) in [7, 11) is 0. The Bertz CT molecular complexity index is 622. The Hall–Kier alpha value is -2.39. The van der Waals surface area contributed by atoms with Gasteiger partial charge in [-0.25, -0.2) is 9.18 Å². The lowest BCUT2D eigenvalue weighted by Gasteiger charge is -2.30. The number of hydrogen-bond donors (Lipinski definition) is 3. The van der Waals surface area contributed by atoms with Gasteiger partial charge in [0.05, 0.1) is 37.2 Å². The number of amides is 2. The van der Waals surface area contributed by atoms with Crippen LogP contribution in [0.2, 0.25) is 0 Å². The van der Waals surface area contributed by atoms with Crippen LogP contribution in [-0.4, -0.2) is 67.7 Å². The number of nitrogens with zero attached hydrogens (tertiary/aromatic N) is 2. The van der Waals surface area contributed by atoms with E-state index < -0.39 is 18.0 Å². The summed E-state index contributed by atoms with van der Waals surface area (Å²) >= 11 is 0. The smallest absolute Gasteiger partial charge is 0.411 e. The second kappa shape index (κ2) is 8.63. The lowest BCUT2D eigenvalue weighted by Crippen LogP contribution is -2.42. The minimum atomic E-state index is -1.32. The van der Waals surface area contributed by atoms with Crippen molar-refractivity contribution in [1.82, 2.24) is 5.32 Å². The number of benzene rings is 1. The van der Waals surface area contributed by atoms with Gasteiger partial charge in [0.25, 0.3) is 0 Å². The molecule has 1 aromatic rings. The van der Waals surface area contributed by atoms with Crippen molar-refractivity contribution in [2.24, 2.45) is 0 Å². The van der Waals surface area contributed by atoms with Gasteiger partial charge in [0.1, 0.15) is 5.82 Å². The Balaban J connectivity index is 2.11. The third-order valence-electron chi connectivity index (χ3n) is 3.81. The second-order valence-electron chi connectivity index (χ2n) is 5.72. The number of morpholine rings is 1. The Labute approximate surface area is 144 Å². The van der Waals surface area contributed by atoms with Gasteiger partial charge in [-0.15, -0.1) is 0 Å². The van der Waals surface area contributed by atoms with Crippen molar-refractivity contribution in [3.05, 3.63) is 24.0 Å². The van der Waals surface area contributed by atoms with Gasteiger partial charge in [-0.1, -0.05) is 0 Å². The molecule has 1 aromatic carbocycles. The summed E-state index contributed by atoms with van der Waals surface area (Å²) < 4.78 is 19.7. The molecule has 2 amide bonds. The first-order valence-corrected chi connectivity index (χ1v) is 7.93. The van der Waals surface area contributed by atoms with Gasteiger partial charge in [-0.3, -0.25) is 9.69 Å². The first kappa shape index (κ1) is 18.9. The molecule has 25 heavy (non-hydrogen) atoms. The molecule has 0 spiro atoms. The average molecular weight is 355 g/mol. The van der Waals surface area contributed by atoms with Crippen molar-refractivity contribution < 1.29 is 28.9 Å². The second-order valence-corrected chi connectivity index (χ2v) is 5.72. The molecule has 0 bridgehead atoms. The van der Waals surface area contributed by atoms with E-state index in [0.717, 1.165) is 11.0 Å². The number of carbonyl (C=O) groups is 2. The van der Waals surface area contributed by atoms with Gasteiger partial charge in [0, 0.05) is 26.6 Å². The third kappa shape index (κ3) is 5.30. The number of aliphatic hydroxyl groups excluding tert-OH is 1. The number of aliphatic hydroxyl groups is 1. The number of nitrogens with one attached hydrogen (secondary N) is 1. The zero-order chi connectivity index (χ0) is 18.4. The summed E-state index contributed by atoms with van der Waals surface area (Å²) in [6.45, 7) is 3.07. The fourth-order valence-corrected chi connectivity index (χ4v) is 2.56. The molecule has 0 unspecified atom stereocenters. The van der Waals surface area contributed by atoms with E-state index in [1.54, 1.807) is 0 Å². The van der Waals surface area contributed by atoms with Crippen LogP contribution in [0.5, 0.6) is 0 Å². The van der Waals surface area contributed by atoms with Gasteiger partial charge in [-0.2, -0.15) is 0 Å². The van der Waals surface area contributed by atoms with Gasteiger partial charge < -0.3 is 25.2 Å². The number of ether oxygens (including phenoxy) is 1. The number of carbonyl (C=O) groups excluding carboxylic acids is 1. The van der Waals surface area contributed by atoms with E-state index in [2.05, 4.69) is 5.32 Å². The summed E-state index contributed by atoms with van der Waals surface area (Å²) in [6.07, 6.45) is -2.43. The molecule has 1 aliphatic rings. The van der Waals surface area contributed by atoms with E-state index in [1.165, 1.54) is 19.1 Å². The van der Waals surface area contributed by atoms with Crippen LogP contribution in [0.4, 0.5) is 20.6 Å². The van der Waals surface area contributed by atoms with Crippen molar-refractivity contribution in [2.45, 2.75) is 13.0 Å². The van der Waals surface area contributed by atoms with Crippen molar-refractivity contribution in [3.63, 3.8) is 0 Å². The largest absolute Gasteiger partial charge is 0.465 e. The molecule has 9 heteroatoms. The van der Waals surface area contributed by atoms with E-state index in [9.17, 15) is 24.2 Å². The Morgan fingerprint density at radius 3 is 2.64 bits per heavy atom. The minimum absolute atomic E-state index is 0.0898. The van der Waals surface area contributed by atoms with Gasteiger partial charge in [0.2, 0.25) is 5.91 Å². The molecule has 8 nitrogen and oxygen atoms in total. The van der Waals surface area contributed by atoms with Crippen molar-refractivity contribution in [2.75, 3.05) is 49.2 Å². The first-order valence-electron chi connectivity index (χ1n) is 7.93. The van der Waals surface area contributed by atoms with Crippen LogP contribution in [0.15, 0.2) is 18.2 Å². The molecule has 138 valence electrons. The first-order chi connectivity index (χ1) is 11.9. The van der Waals surface area contributed by atoms with E-state index in [4.69, 9.17) is 4.74 Å². The summed E-state index contributed by atoms with van der Waals surface area (Å²) in [5.74, 6) is -0.871. The fraction of sp³-hybridized carbons (Fsp3) is 0.500. The molecule has 3 N–H and O–H groups in total. The van der Waals surface area contributed by atoms with E-state index in [1.807, 2.05) is 4.90 Å². The zero-order valence-electron chi connectivity index (χ0n) is 13.9. The van der Waals surface area contributed by atoms with Crippen LogP contribution in [0, 0.1) is 5.82 Å². The molecule has 1 atom stereocenters. The van der Waals surface area contributed by atoms with Gasteiger partial charge >= 0.3 is 6.09 Å². The Kier molecular flexibility index (Phi) is 6.54. The topological polar surface area (TPSA) is 102 Å². The maximum Gasteiger partial charge on any atom is 0.411 e. The summed E-state index contributed by atoms with van der Waals surface area (Å²) in [4.78, 5) is 25.0. The van der Waals surface area contributed by atoms with Crippen molar-refractivity contribution in [1.29, 1.82) is 0 Å². The molecule has 0 saturated carbocycles. The van der Waals surface area contributed by atoms with E-state index >= 15 is 0 Å². The van der Waals surface area contributed by atoms with Gasteiger partial charge in [0.15, 0.2) is 0 Å². The van der Waals surface area contributed by atoms with Crippen LogP contribution in [0.25, 0.3) is 0 Å². The molecular weight excluding hydrogens is 333 g/mol. The summed E-state index contributed by atoms with van der Waals surface area (Å²) in [5, 5.41) is 21.6. The monoisotopic (exact) mass is 355 g/mol.